The summed E-state index contributed by atoms with van der Waals surface area (Å²) in [5, 5.41) is 12.5. The van der Waals surface area contributed by atoms with Crippen LogP contribution in [0.5, 0.6) is 0 Å². The summed E-state index contributed by atoms with van der Waals surface area (Å²) in [4.78, 5) is 24.1. The number of H-pyrrole nitrogens is 1. The number of rotatable bonds is 9. The van der Waals surface area contributed by atoms with Crippen LogP contribution in [-0.2, 0) is 22.5 Å². The van der Waals surface area contributed by atoms with Gasteiger partial charge < -0.3 is 20.4 Å². The van der Waals surface area contributed by atoms with Crippen LogP contribution in [-0.4, -0.2) is 57.4 Å². The van der Waals surface area contributed by atoms with Crippen molar-refractivity contribution in [2.75, 3.05) is 32.1 Å². The van der Waals surface area contributed by atoms with Crippen molar-refractivity contribution < 1.29 is 9.53 Å². The zero-order chi connectivity index (χ0) is 20.1. The van der Waals surface area contributed by atoms with E-state index < -0.39 is 0 Å². The first-order chi connectivity index (χ1) is 14.3. The van der Waals surface area contributed by atoms with Crippen molar-refractivity contribution in [1.82, 2.24) is 30.0 Å². The maximum atomic E-state index is 12.3. The number of para-hydroxylation sites is 1. The Morgan fingerprint density at radius 1 is 1.21 bits per heavy atom. The Balaban J connectivity index is 1.35. The molecule has 1 amide bonds. The number of amides is 1. The van der Waals surface area contributed by atoms with Gasteiger partial charge in [0.25, 0.3) is 0 Å². The molecule has 9 nitrogen and oxygen atoms in total. The number of nitrogens with one attached hydrogen (secondary N) is 3. The highest BCUT2D eigenvalue weighted by Gasteiger charge is 2.11. The molecule has 0 unspecified atom stereocenters. The predicted octanol–water partition coefficient (Wildman–Crippen LogP) is 1.72. The van der Waals surface area contributed by atoms with Gasteiger partial charge in [-0.2, -0.15) is 5.10 Å². The van der Waals surface area contributed by atoms with E-state index in [-0.39, 0.29) is 5.91 Å². The van der Waals surface area contributed by atoms with Gasteiger partial charge in [0, 0.05) is 37.3 Å². The number of nitrogens with zero attached hydrogens (tertiary/aromatic N) is 4. The number of hydrogen-bond acceptors (Lipinski definition) is 6. The zero-order valence-corrected chi connectivity index (χ0v) is 16.2. The van der Waals surface area contributed by atoms with Gasteiger partial charge in [-0.3, -0.25) is 4.79 Å². The molecule has 0 aliphatic carbocycles. The quantitative estimate of drug-likeness (QED) is 0.374. The molecule has 9 heteroatoms. The molecule has 4 rings (SSSR count). The zero-order valence-electron chi connectivity index (χ0n) is 16.2. The lowest BCUT2D eigenvalue weighted by Gasteiger charge is -2.07. The molecule has 0 bridgehead atoms. The van der Waals surface area contributed by atoms with Crippen molar-refractivity contribution in [2.45, 2.75) is 13.0 Å². The molecular formula is C20H23N7O2. The molecule has 29 heavy (non-hydrogen) atoms. The number of carbonyl (C=O) groups is 1. The second-order valence-corrected chi connectivity index (χ2v) is 6.63. The van der Waals surface area contributed by atoms with E-state index in [1.54, 1.807) is 18.0 Å². The number of anilines is 1. The molecule has 0 atom stereocenters. The van der Waals surface area contributed by atoms with Crippen LogP contribution in [0.4, 0.5) is 5.82 Å². The second-order valence-electron chi connectivity index (χ2n) is 6.63. The van der Waals surface area contributed by atoms with Crippen LogP contribution in [0, 0.1) is 0 Å². The Kier molecular flexibility index (Phi) is 5.66. The van der Waals surface area contributed by atoms with Crippen molar-refractivity contribution in [3.05, 3.63) is 48.5 Å². The molecule has 0 radical (unpaired) electrons. The molecule has 0 spiro atoms. The van der Waals surface area contributed by atoms with Gasteiger partial charge in [-0.15, -0.1) is 0 Å². The number of fused-ring (bicyclic) bond motifs is 2. The van der Waals surface area contributed by atoms with Gasteiger partial charge in [-0.25, -0.2) is 14.6 Å². The third-order valence-corrected chi connectivity index (χ3v) is 4.70. The Labute approximate surface area is 167 Å². The Morgan fingerprint density at radius 2 is 2.10 bits per heavy atom. The lowest BCUT2D eigenvalue weighted by Crippen LogP contribution is -2.28. The van der Waals surface area contributed by atoms with Crippen LogP contribution >= 0.6 is 0 Å². The largest absolute Gasteiger partial charge is 0.383 e. The number of methoxy groups -OCH3 is 1. The molecule has 4 aromatic rings. The third kappa shape index (κ3) is 4.19. The van der Waals surface area contributed by atoms with E-state index in [0.717, 1.165) is 33.3 Å². The Bertz CT molecular complexity index is 1120. The van der Waals surface area contributed by atoms with Crippen molar-refractivity contribution in [3.63, 3.8) is 0 Å². The van der Waals surface area contributed by atoms with Crippen LogP contribution < -0.4 is 10.6 Å². The number of aromatic nitrogens is 5. The number of ether oxygens (including phenoxy) is 1. The first kappa shape index (κ1) is 18.9. The van der Waals surface area contributed by atoms with Crippen LogP contribution in [0.2, 0.25) is 0 Å². The van der Waals surface area contributed by atoms with E-state index in [1.165, 1.54) is 6.33 Å². The predicted molar refractivity (Wildman–Crippen MR) is 111 cm³/mol. The van der Waals surface area contributed by atoms with Crippen molar-refractivity contribution in [1.29, 1.82) is 0 Å². The topological polar surface area (TPSA) is 110 Å². The Morgan fingerprint density at radius 3 is 3.00 bits per heavy atom. The first-order valence-corrected chi connectivity index (χ1v) is 9.47. The van der Waals surface area contributed by atoms with Crippen LogP contribution in [0.15, 0.2) is 43.0 Å². The molecule has 0 aliphatic heterocycles. The average molecular weight is 393 g/mol. The second kappa shape index (κ2) is 8.70. The van der Waals surface area contributed by atoms with Crippen molar-refractivity contribution in [2.24, 2.45) is 0 Å². The fourth-order valence-corrected chi connectivity index (χ4v) is 3.28. The van der Waals surface area contributed by atoms with E-state index in [2.05, 4.69) is 30.7 Å². The van der Waals surface area contributed by atoms with Gasteiger partial charge in [0.2, 0.25) is 5.91 Å². The van der Waals surface area contributed by atoms with Gasteiger partial charge in [0.15, 0.2) is 5.65 Å². The van der Waals surface area contributed by atoms with Crippen molar-refractivity contribution >= 4 is 33.7 Å². The summed E-state index contributed by atoms with van der Waals surface area (Å²) in [6.45, 7) is 2.23. The normalized spacial score (nSPS) is 11.2. The molecule has 3 N–H and O–H groups in total. The fraction of sp³-hybridized carbons (Fsp3) is 0.300. The molecular weight excluding hydrogens is 370 g/mol. The van der Waals surface area contributed by atoms with Gasteiger partial charge in [-0.1, -0.05) is 18.2 Å². The van der Waals surface area contributed by atoms with Crippen LogP contribution in [0.1, 0.15) is 5.56 Å². The molecule has 0 saturated heterocycles. The lowest BCUT2D eigenvalue weighted by molar-refractivity contribution is -0.120. The van der Waals surface area contributed by atoms with E-state index in [0.29, 0.717) is 32.7 Å². The summed E-state index contributed by atoms with van der Waals surface area (Å²) in [7, 11) is 1.65. The Hall–Kier alpha value is -3.46. The summed E-state index contributed by atoms with van der Waals surface area (Å²) in [5.41, 5.74) is 2.75. The first-order valence-electron chi connectivity index (χ1n) is 9.47. The van der Waals surface area contributed by atoms with E-state index >= 15 is 0 Å². The number of aromatic amines is 1. The minimum atomic E-state index is -0.0252. The third-order valence-electron chi connectivity index (χ3n) is 4.70. The number of benzene rings is 1. The minimum Gasteiger partial charge on any atom is -0.383 e. The molecule has 0 aliphatic rings. The molecule has 1 aromatic carbocycles. The number of carbonyl (C=O) groups excluding carboxylic acids is 1. The highest BCUT2D eigenvalue weighted by atomic mass is 16.5. The van der Waals surface area contributed by atoms with Crippen LogP contribution in [0.3, 0.4) is 0 Å². The van der Waals surface area contributed by atoms with E-state index in [4.69, 9.17) is 4.74 Å². The average Bonchev–Trinajstić information content (AvgIpc) is 3.33. The van der Waals surface area contributed by atoms with Gasteiger partial charge >= 0.3 is 0 Å². The molecule has 3 aromatic heterocycles. The van der Waals surface area contributed by atoms with E-state index in [9.17, 15) is 4.79 Å². The summed E-state index contributed by atoms with van der Waals surface area (Å²) < 4.78 is 6.82. The number of hydrogen-bond donors (Lipinski definition) is 3. The van der Waals surface area contributed by atoms with Crippen LogP contribution in [0.25, 0.3) is 21.9 Å². The molecule has 3 heterocycles. The van der Waals surface area contributed by atoms with Crippen molar-refractivity contribution in [3.8, 4) is 0 Å². The minimum absolute atomic E-state index is 0.0252. The van der Waals surface area contributed by atoms with Gasteiger partial charge in [-0.05, 0) is 11.6 Å². The highest BCUT2D eigenvalue weighted by molar-refractivity contribution is 5.89. The monoisotopic (exact) mass is 393 g/mol. The SMILES string of the molecule is COCCNc1ncnc2c1cnn2CCNC(=O)Cc1c[nH]c2ccccc12. The molecule has 0 fully saturated rings. The molecule has 0 saturated carbocycles. The van der Waals surface area contributed by atoms with E-state index in [1.807, 2.05) is 30.5 Å². The summed E-state index contributed by atoms with van der Waals surface area (Å²) in [6.07, 6.45) is 5.46. The standard InChI is InChI=1S/C20H23N7O2/c1-29-9-7-22-19-16-12-26-27(20(16)25-13-24-19)8-6-21-18(28)10-14-11-23-17-5-3-2-4-15(14)17/h2-5,11-13,23H,6-10H2,1H3,(H,21,28)(H,22,24,25). The summed E-state index contributed by atoms with van der Waals surface area (Å²) >= 11 is 0. The molecule has 150 valence electrons. The maximum absolute atomic E-state index is 12.3. The van der Waals surface area contributed by atoms with Gasteiger partial charge in [0.05, 0.1) is 31.2 Å². The summed E-state index contributed by atoms with van der Waals surface area (Å²) in [5.74, 6) is 0.699. The summed E-state index contributed by atoms with van der Waals surface area (Å²) in [6, 6.07) is 7.96. The smallest absolute Gasteiger partial charge is 0.224 e. The van der Waals surface area contributed by atoms with Gasteiger partial charge in [0.1, 0.15) is 12.1 Å². The lowest BCUT2D eigenvalue weighted by atomic mass is 10.1. The maximum Gasteiger partial charge on any atom is 0.224 e. The fourth-order valence-electron chi connectivity index (χ4n) is 3.28. The highest BCUT2D eigenvalue weighted by Crippen LogP contribution is 2.19.